The van der Waals surface area contributed by atoms with Gasteiger partial charge in [0.05, 0.1) is 31.3 Å². The number of carbonyl (C=O) groups excluding carboxylic acids is 1. The van der Waals surface area contributed by atoms with E-state index in [1.165, 1.54) is 12.1 Å². The second-order valence-corrected chi connectivity index (χ2v) is 10.5. The van der Waals surface area contributed by atoms with Crippen LogP contribution in [0, 0.1) is 11.8 Å². The lowest BCUT2D eigenvalue weighted by atomic mass is 9.94. The summed E-state index contributed by atoms with van der Waals surface area (Å²) >= 11 is 0. The first-order valence-electron chi connectivity index (χ1n) is 11.3. The standard InChI is InChI=1S/C22H32N2O7S/c1-15(2)20(21(25)24-8-6-16(7-9-24)22-30-12-13-31-22)23-32(26,27)17-4-5-18-19(14-17)29-11-3-10-28-18/h4-5,14-16,20,22-23H,3,6-13H2,1-2H3. The Morgan fingerprint density at radius 1 is 1.03 bits per heavy atom. The summed E-state index contributed by atoms with van der Waals surface area (Å²) in [7, 11) is -3.93. The molecule has 1 aromatic carbocycles. The zero-order valence-electron chi connectivity index (χ0n) is 18.6. The molecule has 0 saturated carbocycles. The van der Waals surface area contributed by atoms with E-state index in [1.54, 1.807) is 11.0 Å². The Bertz CT molecular complexity index is 907. The maximum absolute atomic E-state index is 13.2. The highest BCUT2D eigenvalue weighted by Crippen LogP contribution is 2.32. The first-order valence-corrected chi connectivity index (χ1v) is 12.8. The van der Waals surface area contributed by atoms with E-state index < -0.39 is 16.1 Å². The van der Waals surface area contributed by atoms with Crippen LogP contribution in [0.25, 0.3) is 0 Å². The minimum atomic E-state index is -3.93. The number of ether oxygens (including phenoxy) is 4. The average molecular weight is 469 g/mol. The Labute approximate surface area is 189 Å². The fraction of sp³-hybridized carbons (Fsp3) is 0.682. The van der Waals surface area contributed by atoms with Crippen molar-refractivity contribution in [2.45, 2.75) is 50.3 Å². The van der Waals surface area contributed by atoms with E-state index in [1.807, 2.05) is 13.8 Å². The molecule has 9 nitrogen and oxygen atoms in total. The van der Waals surface area contributed by atoms with Crippen molar-refractivity contribution >= 4 is 15.9 Å². The highest BCUT2D eigenvalue weighted by Gasteiger charge is 2.36. The van der Waals surface area contributed by atoms with Crippen molar-refractivity contribution in [2.24, 2.45) is 11.8 Å². The number of sulfonamides is 1. The van der Waals surface area contributed by atoms with E-state index >= 15 is 0 Å². The van der Waals surface area contributed by atoms with Crippen LogP contribution >= 0.6 is 0 Å². The number of benzene rings is 1. The van der Waals surface area contributed by atoms with Crippen LogP contribution in [0.4, 0.5) is 0 Å². The number of rotatable bonds is 6. The van der Waals surface area contributed by atoms with Gasteiger partial charge >= 0.3 is 0 Å². The minimum Gasteiger partial charge on any atom is -0.490 e. The van der Waals surface area contributed by atoms with Crippen molar-refractivity contribution < 1.29 is 32.2 Å². The molecule has 1 N–H and O–H groups in total. The van der Waals surface area contributed by atoms with Gasteiger partial charge in [-0.3, -0.25) is 4.79 Å². The summed E-state index contributed by atoms with van der Waals surface area (Å²) in [5.74, 6) is 0.770. The Morgan fingerprint density at radius 2 is 1.69 bits per heavy atom. The molecule has 0 radical (unpaired) electrons. The summed E-state index contributed by atoms with van der Waals surface area (Å²) < 4.78 is 51.3. The fourth-order valence-corrected chi connectivity index (χ4v) is 5.61. The fourth-order valence-electron chi connectivity index (χ4n) is 4.26. The van der Waals surface area contributed by atoms with Crippen molar-refractivity contribution in [3.05, 3.63) is 18.2 Å². The molecule has 32 heavy (non-hydrogen) atoms. The summed E-state index contributed by atoms with van der Waals surface area (Å²) in [6.45, 7) is 7.00. The molecule has 2 fully saturated rings. The monoisotopic (exact) mass is 468 g/mol. The molecule has 0 bridgehead atoms. The molecule has 10 heteroatoms. The second-order valence-electron chi connectivity index (χ2n) is 8.77. The van der Waals surface area contributed by atoms with Crippen LogP contribution in [0.5, 0.6) is 11.5 Å². The predicted octanol–water partition coefficient (Wildman–Crippen LogP) is 1.76. The van der Waals surface area contributed by atoms with Gasteiger partial charge in [-0.05, 0) is 30.9 Å². The molecular formula is C22H32N2O7S. The van der Waals surface area contributed by atoms with Crippen molar-refractivity contribution in [1.82, 2.24) is 9.62 Å². The largest absolute Gasteiger partial charge is 0.490 e. The van der Waals surface area contributed by atoms with Gasteiger partial charge in [-0.2, -0.15) is 4.72 Å². The number of nitrogens with zero attached hydrogens (tertiary/aromatic N) is 1. The molecule has 3 heterocycles. The van der Waals surface area contributed by atoms with E-state index in [-0.39, 0.29) is 28.9 Å². The third kappa shape index (κ3) is 5.19. The molecule has 178 valence electrons. The number of piperidine rings is 1. The summed E-state index contributed by atoms with van der Waals surface area (Å²) in [5.41, 5.74) is 0. The van der Waals surface area contributed by atoms with Gasteiger partial charge in [-0.1, -0.05) is 13.8 Å². The topological polar surface area (TPSA) is 103 Å². The van der Waals surface area contributed by atoms with Crippen molar-refractivity contribution in [2.75, 3.05) is 39.5 Å². The lowest BCUT2D eigenvalue weighted by Crippen LogP contribution is -2.53. The SMILES string of the molecule is CC(C)C(NS(=O)(=O)c1ccc2c(c1)OCCCO2)C(=O)N1CCC(C2OCCO2)CC1. The Kier molecular flexibility index (Phi) is 7.24. The lowest BCUT2D eigenvalue weighted by molar-refractivity contribution is -0.139. The van der Waals surface area contributed by atoms with Gasteiger partial charge in [-0.15, -0.1) is 0 Å². The van der Waals surface area contributed by atoms with E-state index in [4.69, 9.17) is 18.9 Å². The molecule has 1 aromatic rings. The lowest BCUT2D eigenvalue weighted by Gasteiger charge is -2.36. The van der Waals surface area contributed by atoms with Crippen molar-refractivity contribution in [3.8, 4) is 11.5 Å². The number of carbonyl (C=O) groups is 1. The number of fused-ring (bicyclic) bond motifs is 1. The van der Waals surface area contributed by atoms with Crippen LogP contribution in [0.1, 0.15) is 33.1 Å². The third-order valence-corrected chi connectivity index (χ3v) is 7.57. The van der Waals surface area contributed by atoms with E-state index in [2.05, 4.69) is 4.72 Å². The van der Waals surface area contributed by atoms with Crippen molar-refractivity contribution in [1.29, 1.82) is 0 Å². The molecule has 2 saturated heterocycles. The molecule has 0 spiro atoms. The molecular weight excluding hydrogens is 436 g/mol. The molecule has 4 rings (SSSR count). The van der Waals surface area contributed by atoms with Gasteiger partial charge in [0.15, 0.2) is 17.8 Å². The zero-order chi connectivity index (χ0) is 22.7. The minimum absolute atomic E-state index is 0.0504. The molecule has 1 unspecified atom stereocenters. The maximum Gasteiger partial charge on any atom is 0.241 e. The number of likely N-dealkylation sites (tertiary alicyclic amines) is 1. The molecule has 0 aliphatic carbocycles. The number of nitrogens with one attached hydrogen (secondary N) is 1. The number of amides is 1. The van der Waals surface area contributed by atoms with Crippen LogP contribution in [0.3, 0.4) is 0 Å². The molecule has 1 amide bonds. The third-order valence-electron chi connectivity index (χ3n) is 6.13. The highest BCUT2D eigenvalue weighted by molar-refractivity contribution is 7.89. The first-order chi connectivity index (χ1) is 15.3. The Morgan fingerprint density at radius 3 is 2.34 bits per heavy atom. The van der Waals surface area contributed by atoms with Gasteiger partial charge in [0.1, 0.15) is 6.04 Å². The highest BCUT2D eigenvalue weighted by atomic mass is 32.2. The van der Waals surface area contributed by atoms with Gasteiger partial charge in [-0.25, -0.2) is 8.42 Å². The first kappa shape index (κ1) is 23.3. The summed E-state index contributed by atoms with van der Waals surface area (Å²) in [6, 6.07) is 3.67. The smallest absolute Gasteiger partial charge is 0.241 e. The average Bonchev–Trinajstić information content (AvgIpc) is 3.22. The van der Waals surface area contributed by atoms with Crippen molar-refractivity contribution in [3.63, 3.8) is 0 Å². The number of hydrogen-bond donors (Lipinski definition) is 1. The van der Waals surface area contributed by atoms with Crippen LogP contribution in [-0.2, 0) is 24.3 Å². The van der Waals surface area contributed by atoms with Crippen LogP contribution < -0.4 is 14.2 Å². The number of hydrogen-bond acceptors (Lipinski definition) is 7. The summed E-state index contributed by atoms with van der Waals surface area (Å²) in [5, 5.41) is 0. The summed E-state index contributed by atoms with van der Waals surface area (Å²) in [6.07, 6.45) is 2.09. The van der Waals surface area contributed by atoms with Gasteiger partial charge in [0, 0.05) is 31.5 Å². The van der Waals surface area contributed by atoms with E-state index in [9.17, 15) is 13.2 Å². The Balaban J connectivity index is 1.43. The Hall–Kier alpha value is -1.88. The normalized spacial score (nSPS) is 21.5. The molecule has 0 aromatic heterocycles. The van der Waals surface area contributed by atoms with E-state index in [0.717, 1.165) is 19.3 Å². The quantitative estimate of drug-likeness (QED) is 0.679. The van der Waals surface area contributed by atoms with E-state index in [0.29, 0.717) is 51.0 Å². The van der Waals surface area contributed by atoms with Crippen LogP contribution in [0.2, 0.25) is 0 Å². The van der Waals surface area contributed by atoms with Gasteiger partial charge < -0.3 is 23.8 Å². The summed E-state index contributed by atoms with van der Waals surface area (Å²) in [4.78, 5) is 15.0. The predicted molar refractivity (Wildman–Crippen MR) is 116 cm³/mol. The zero-order valence-corrected chi connectivity index (χ0v) is 19.4. The molecule has 1 atom stereocenters. The maximum atomic E-state index is 13.2. The van der Waals surface area contributed by atoms with Gasteiger partial charge in [0.2, 0.25) is 15.9 Å². The molecule has 3 aliphatic rings. The molecule has 3 aliphatic heterocycles. The van der Waals surface area contributed by atoms with Gasteiger partial charge in [0.25, 0.3) is 0 Å². The van der Waals surface area contributed by atoms with Crippen LogP contribution in [-0.4, -0.2) is 71.1 Å². The van der Waals surface area contributed by atoms with Crippen LogP contribution in [0.15, 0.2) is 23.1 Å². The second kappa shape index (κ2) is 9.94.